The summed E-state index contributed by atoms with van der Waals surface area (Å²) in [4.78, 5) is 11.6. The van der Waals surface area contributed by atoms with Crippen LogP contribution in [0.25, 0.3) is 0 Å². The first-order chi connectivity index (χ1) is 9.65. The molecule has 0 aliphatic carbocycles. The van der Waals surface area contributed by atoms with E-state index < -0.39 is 0 Å². The van der Waals surface area contributed by atoms with Crippen molar-refractivity contribution in [1.29, 1.82) is 0 Å². The van der Waals surface area contributed by atoms with E-state index in [2.05, 4.69) is 5.32 Å². The number of anilines is 2. The van der Waals surface area contributed by atoms with Crippen molar-refractivity contribution in [3.05, 3.63) is 48.0 Å². The van der Waals surface area contributed by atoms with Crippen molar-refractivity contribution in [3.8, 4) is 11.5 Å². The second-order valence-electron chi connectivity index (χ2n) is 4.31. The second-order valence-corrected chi connectivity index (χ2v) is 4.31. The molecule has 0 heterocycles. The Labute approximate surface area is 118 Å². The Kier molecular flexibility index (Phi) is 4.25. The van der Waals surface area contributed by atoms with Gasteiger partial charge in [0.25, 0.3) is 0 Å². The largest absolute Gasteiger partial charge is 0.493 e. The van der Waals surface area contributed by atoms with E-state index in [-0.39, 0.29) is 5.78 Å². The van der Waals surface area contributed by atoms with Crippen molar-refractivity contribution in [2.45, 2.75) is 6.92 Å². The number of methoxy groups -OCH3 is 2. The average Bonchev–Trinajstić information content (AvgIpc) is 2.47. The zero-order valence-electron chi connectivity index (χ0n) is 11.8. The second kappa shape index (κ2) is 6.10. The summed E-state index contributed by atoms with van der Waals surface area (Å²) in [5.74, 6) is 1.07. The topological polar surface area (TPSA) is 47.6 Å². The van der Waals surface area contributed by atoms with Crippen LogP contribution in [0.1, 0.15) is 17.3 Å². The SMILES string of the molecule is COc1cc(C(C)=O)cc(Nc2ccccc2)c1OC. The maximum absolute atomic E-state index is 11.6. The Hall–Kier alpha value is -2.49. The molecule has 4 nitrogen and oxygen atoms in total. The zero-order valence-corrected chi connectivity index (χ0v) is 11.8. The van der Waals surface area contributed by atoms with E-state index in [1.807, 2.05) is 30.3 Å². The number of rotatable bonds is 5. The molecule has 0 saturated heterocycles. The van der Waals surface area contributed by atoms with Crippen molar-refractivity contribution < 1.29 is 14.3 Å². The minimum Gasteiger partial charge on any atom is -0.493 e. The number of hydrogen-bond donors (Lipinski definition) is 1. The minimum absolute atomic E-state index is 0.0259. The summed E-state index contributed by atoms with van der Waals surface area (Å²) >= 11 is 0. The lowest BCUT2D eigenvalue weighted by atomic mass is 10.1. The van der Waals surface area contributed by atoms with Crippen molar-refractivity contribution in [2.75, 3.05) is 19.5 Å². The number of Topliss-reactive ketones (excluding diaryl/α,β-unsaturated/α-hetero) is 1. The molecule has 0 amide bonds. The molecule has 0 radical (unpaired) electrons. The van der Waals surface area contributed by atoms with Crippen LogP contribution < -0.4 is 14.8 Å². The van der Waals surface area contributed by atoms with Crippen LogP contribution in [-0.4, -0.2) is 20.0 Å². The Morgan fingerprint density at radius 1 is 1.05 bits per heavy atom. The molecule has 0 aliphatic rings. The Morgan fingerprint density at radius 3 is 2.30 bits per heavy atom. The van der Waals surface area contributed by atoms with Gasteiger partial charge in [-0.25, -0.2) is 0 Å². The van der Waals surface area contributed by atoms with Crippen LogP contribution >= 0.6 is 0 Å². The minimum atomic E-state index is -0.0259. The highest BCUT2D eigenvalue weighted by Gasteiger charge is 2.14. The first kappa shape index (κ1) is 13.9. The normalized spacial score (nSPS) is 9.95. The predicted octanol–water partition coefficient (Wildman–Crippen LogP) is 3.65. The van der Waals surface area contributed by atoms with Gasteiger partial charge in [-0.15, -0.1) is 0 Å². The summed E-state index contributed by atoms with van der Waals surface area (Å²) < 4.78 is 10.7. The number of carbonyl (C=O) groups excluding carboxylic acids is 1. The number of hydrogen-bond acceptors (Lipinski definition) is 4. The number of para-hydroxylation sites is 1. The molecule has 2 aromatic carbocycles. The molecule has 0 bridgehead atoms. The molecular formula is C16H17NO3. The van der Waals surface area contributed by atoms with E-state index >= 15 is 0 Å². The van der Waals surface area contributed by atoms with E-state index in [0.717, 1.165) is 5.69 Å². The summed E-state index contributed by atoms with van der Waals surface area (Å²) in [6.45, 7) is 1.52. The van der Waals surface area contributed by atoms with Crippen LogP contribution in [0.15, 0.2) is 42.5 Å². The fourth-order valence-electron chi connectivity index (χ4n) is 1.94. The lowest BCUT2D eigenvalue weighted by Crippen LogP contribution is -2.01. The van der Waals surface area contributed by atoms with Gasteiger partial charge < -0.3 is 14.8 Å². The van der Waals surface area contributed by atoms with Gasteiger partial charge in [-0.3, -0.25) is 4.79 Å². The standard InChI is InChI=1S/C16H17NO3/c1-11(18)12-9-14(16(20-3)15(10-12)19-2)17-13-7-5-4-6-8-13/h4-10,17H,1-3H3. The third-order valence-electron chi connectivity index (χ3n) is 2.94. The highest BCUT2D eigenvalue weighted by molar-refractivity contribution is 5.96. The molecular weight excluding hydrogens is 254 g/mol. The van der Waals surface area contributed by atoms with Gasteiger partial charge >= 0.3 is 0 Å². The van der Waals surface area contributed by atoms with Crippen LogP contribution in [0.4, 0.5) is 11.4 Å². The molecule has 4 heteroatoms. The summed E-state index contributed by atoms with van der Waals surface area (Å²) in [6, 6.07) is 13.1. The van der Waals surface area contributed by atoms with Gasteiger partial charge in [0.1, 0.15) is 0 Å². The maximum atomic E-state index is 11.6. The fraction of sp³-hybridized carbons (Fsp3) is 0.188. The molecule has 0 aromatic heterocycles. The van der Waals surface area contributed by atoms with Crippen LogP contribution in [-0.2, 0) is 0 Å². The molecule has 0 spiro atoms. The van der Waals surface area contributed by atoms with Gasteiger partial charge in [-0.1, -0.05) is 18.2 Å². The predicted molar refractivity (Wildman–Crippen MR) is 79.3 cm³/mol. The lowest BCUT2D eigenvalue weighted by molar-refractivity contribution is 0.101. The first-order valence-corrected chi connectivity index (χ1v) is 6.24. The highest BCUT2D eigenvalue weighted by Crippen LogP contribution is 2.38. The molecule has 2 rings (SSSR count). The molecule has 2 aromatic rings. The Balaban J connectivity index is 2.49. The molecule has 0 fully saturated rings. The number of ketones is 1. The summed E-state index contributed by atoms with van der Waals surface area (Å²) in [6.07, 6.45) is 0. The highest BCUT2D eigenvalue weighted by atomic mass is 16.5. The van der Waals surface area contributed by atoms with E-state index in [1.54, 1.807) is 26.4 Å². The quantitative estimate of drug-likeness (QED) is 0.843. The maximum Gasteiger partial charge on any atom is 0.184 e. The Bertz CT molecular complexity index is 609. The molecule has 0 unspecified atom stereocenters. The third-order valence-corrected chi connectivity index (χ3v) is 2.94. The van der Waals surface area contributed by atoms with Gasteiger partial charge in [0.2, 0.25) is 0 Å². The number of benzene rings is 2. The summed E-state index contributed by atoms with van der Waals surface area (Å²) in [5, 5.41) is 3.24. The van der Waals surface area contributed by atoms with Crippen molar-refractivity contribution in [2.24, 2.45) is 0 Å². The van der Waals surface area contributed by atoms with E-state index in [9.17, 15) is 4.79 Å². The van der Waals surface area contributed by atoms with Crippen LogP contribution in [0, 0.1) is 0 Å². The van der Waals surface area contributed by atoms with Gasteiger partial charge in [-0.2, -0.15) is 0 Å². The van der Waals surface area contributed by atoms with Crippen LogP contribution in [0.5, 0.6) is 11.5 Å². The zero-order chi connectivity index (χ0) is 14.5. The summed E-state index contributed by atoms with van der Waals surface area (Å²) in [5.41, 5.74) is 2.18. The van der Waals surface area contributed by atoms with Gasteiger partial charge in [-0.05, 0) is 31.2 Å². The van der Waals surface area contributed by atoms with Crippen molar-refractivity contribution in [1.82, 2.24) is 0 Å². The van der Waals surface area contributed by atoms with Gasteiger partial charge in [0.05, 0.1) is 19.9 Å². The van der Waals surface area contributed by atoms with E-state index in [0.29, 0.717) is 22.7 Å². The monoisotopic (exact) mass is 271 g/mol. The van der Waals surface area contributed by atoms with E-state index in [4.69, 9.17) is 9.47 Å². The smallest absolute Gasteiger partial charge is 0.184 e. The van der Waals surface area contributed by atoms with Gasteiger partial charge in [0, 0.05) is 11.3 Å². The van der Waals surface area contributed by atoms with Crippen molar-refractivity contribution >= 4 is 17.2 Å². The number of ether oxygens (including phenoxy) is 2. The fourth-order valence-corrected chi connectivity index (χ4v) is 1.94. The molecule has 20 heavy (non-hydrogen) atoms. The molecule has 0 aliphatic heterocycles. The Morgan fingerprint density at radius 2 is 1.75 bits per heavy atom. The first-order valence-electron chi connectivity index (χ1n) is 6.24. The molecule has 0 atom stereocenters. The molecule has 0 saturated carbocycles. The number of nitrogens with one attached hydrogen (secondary N) is 1. The average molecular weight is 271 g/mol. The third kappa shape index (κ3) is 2.91. The van der Waals surface area contributed by atoms with E-state index in [1.165, 1.54) is 6.92 Å². The van der Waals surface area contributed by atoms with Crippen molar-refractivity contribution in [3.63, 3.8) is 0 Å². The molecule has 104 valence electrons. The lowest BCUT2D eigenvalue weighted by Gasteiger charge is -2.15. The van der Waals surface area contributed by atoms with Crippen LogP contribution in [0.3, 0.4) is 0 Å². The molecule has 1 N–H and O–H groups in total. The van der Waals surface area contributed by atoms with Gasteiger partial charge in [0.15, 0.2) is 17.3 Å². The van der Waals surface area contributed by atoms with Crippen LogP contribution in [0.2, 0.25) is 0 Å². The number of carbonyl (C=O) groups is 1. The summed E-state index contributed by atoms with van der Waals surface area (Å²) in [7, 11) is 3.12.